The second-order valence-corrected chi connectivity index (χ2v) is 5.62. The number of benzene rings is 1. The molecule has 0 aliphatic rings. The molecule has 16 heavy (non-hydrogen) atoms. The molecule has 0 saturated carbocycles. The van der Waals surface area contributed by atoms with E-state index in [9.17, 15) is 9.50 Å². The molecular weight excluding hydrogens is 227 g/mol. The van der Waals surface area contributed by atoms with Crippen LogP contribution in [0.2, 0.25) is 5.02 Å². The van der Waals surface area contributed by atoms with Gasteiger partial charge in [-0.2, -0.15) is 0 Å². The lowest BCUT2D eigenvalue weighted by Gasteiger charge is -2.29. The second-order valence-electron chi connectivity index (χ2n) is 5.19. The van der Waals surface area contributed by atoms with Crippen molar-refractivity contribution < 1.29 is 9.50 Å². The van der Waals surface area contributed by atoms with Gasteiger partial charge in [0.25, 0.3) is 0 Å². The van der Waals surface area contributed by atoms with Gasteiger partial charge in [-0.05, 0) is 41.5 Å². The zero-order chi connectivity index (χ0) is 12.3. The van der Waals surface area contributed by atoms with E-state index in [1.807, 2.05) is 20.8 Å². The molecule has 90 valence electrons. The van der Waals surface area contributed by atoms with Crippen molar-refractivity contribution in [3.05, 3.63) is 34.6 Å². The highest BCUT2D eigenvalue weighted by molar-refractivity contribution is 6.30. The topological polar surface area (TPSA) is 20.2 Å². The summed E-state index contributed by atoms with van der Waals surface area (Å²) in [5.41, 5.74) is 0.519. The van der Waals surface area contributed by atoms with Crippen LogP contribution in [-0.4, -0.2) is 11.7 Å². The molecule has 0 saturated heterocycles. The first-order valence-electron chi connectivity index (χ1n) is 5.39. The average molecular weight is 245 g/mol. The molecule has 1 N–H and O–H groups in total. The van der Waals surface area contributed by atoms with Gasteiger partial charge in [-0.3, -0.25) is 0 Å². The van der Waals surface area contributed by atoms with Crippen LogP contribution < -0.4 is 0 Å². The molecule has 1 aromatic rings. The minimum atomic E-state index is -0.257. The molecule has 1 rings (SSSR count). The van der Waals surface area contributed by atoms with Crippen molar-refractivity contribution in [2.24, 2.45) is 11.3 Å². The summed E-state index contributed by atoms with van der Waals surface area (Å²) in [5, 5.41) is 9.86. The van der Waals surface area contributed by atoms with Gasteiger partial charge < -0.3 is 5.11 Å². The van der Waals surface area contributed by atoms with Gasteiger partial charge in [0, 0.05) is 11.6 Å². The first kappa shape index (κ1) is 13.5. The van der Waals surface area contributed by atoms with E-state index in [0.717, 1.165) is 0 Å². The molecule has 0 aromatic heterocycles. The minimum absolute atomic E-state index is 0.0282. The standard InChI is InChI=1S/C13H18ClFO/c1-13(2,3)10(8-16)6-9-7-11(14)4-5-12(9)15/h4-5,7,10,16H,6,8H2,1-3H3. The van der Waals surface area contributed by atoms with Crippen LogP contribution in [0, 0.1) is 17.2 Å². The van der Waals surface area contributed by atoms with E-state index in [-0.39, 0.29) is 23.8 Å². The van der Waals surface area contributed by atoms with Crippen molar-refractivity contribution in [2.75, 3.05) is 6.61 Å². The van der Waals surface area contributed by atoms with Gasteiger partial charge in [0.1, 0.15) is 5.82 Å². The van der Waals surface area contributed by atoms with Gasteiger partial charge in [0.2, 0.25) is 0 Å². The number of rotatable bonds is 3. The van der Waals surface area contributed by atoms with Gasteiger partial charge in [-0.1, -0.05) is 32.4 Å². The zero-order valence-electron chi connectivity index (χ0n) is 9.93. The molecule has 0 aliphatic heterocycles. The van der Waals surface area contributed by atoms with Gasteiger partial charge in [0.15, 0.2) is 0 Å². The van der Waals surface area contributed by atoms with E-state index in [1.54, 1.807) is 6.07 Å². The van der Waals surface area contributed by atoms with Crippen LogP contribution in [0.3, 0.4) is 0 Å². The molecule has 0 spiro atoms. The number of aliphatic hydroxyl groups is 1. The SMILES string of the molecule is CC(C)(C)C(CO)Cc1cc(Cl)ccc1F. The highest BCUT2D eigenvalue weighted by atomic mass is 35.5. The molecular formula is C13H18ClFO. The molecule has 1 atom stereocenters. The van der Waals surface area contributed by atoms with E-state index in [2.05, 4.69) is 0 Å². The summed E-state index contributed by atoms with van der Waals surface area (Å²) in [7, 11) is 0. The fourth-order valence-electron chi connectivity index (χ4n) is 1.61. The lowest BCUT2D eigenvalue weighted by Crippen LogP contribution is -2.26. The molecule has 1 aromatic carbocycles. The molecule has 0 aliphatic carbocycles. The van der Waals surface area contributed by atoms with E-state index >= 15 is 0 Å². The minimum Gasteiger partial charge on any atom is -0.396 e. The lowest BCUT2D eigenvalue weighted by molar-refractivity contribution is 0.130. The largest absolute Gasteiger partial charge is 0.396 e. The summed E-state index contributed by atoms with van der Waals surface area (Å²) in [4.78, 5) is 0. The Hall–Kier alpha value is -0.600. The quantitative estimate of drug-likeness (QED) is 0.860. The predicted molar refractivity (Wildman–Crippen MR) is 65.1 cm³/mol. The third kappa shape index (κ3) is 3.46. The van der Waals surface area contributed by atoms with Crippen molar-refractivity contribution in [3.8, 4) is 0 Å². The summed E-state index contributed by atoms with van der Waals surface area (Å²) in [6, 6.07) is 4.53. The maximum absolute atomic E-state index is 13.5. The maximum atomic E-state index is 13.5. The molecule has 1 unspecified atom stereocenters. The summed E-state index contributed by atoms with van der Waals surface area (Å²) in [6.45, 7) is 6.17. The fourth-order valence-corrected chi connectivity index (χ4v) is 1.80. The predicted octanol–water partition coefficient (Wildman–Crippen LogP) is 3.68. The van der Waals surface area contributed by atoms with E-state index in [4.69, 9.17) is 11.6 Å². The highest BCUT2D eigenvalue weighted by Crippen LogP contribution is 2.30. The molecule has 0 amide bonds. The van der Waals surface area contributed by atoms with Crippen molar-refractivity contribution in [3.63, 3.8) is 0 Å². The number of halogens is 2. The second kappa shape index (κ2) is 5.15. The van der Waals surface area contributed by atoms with Crippen molar-refractivity contribution in [1.29, 1.82) is 0 Å². The van der Waals surface area contributed by atoms with Crippen LogP contribution in [0.15, 0.2) is 18.2 Å². The van der Waals surface area contributed by atoms with Crippen molar-refractivity contribution in [2.45, 2.75) is 27.2 Å². The van der Waals surface area contributed by atoms with E-state index < -0.39 is 0 Å². The third-order valence-electron chi connectivity index (χ3n) is 2.92. The Morgan fingerprint density at radius 2 is 2.00 bits per heavy atom. The maximum Gasteiger partial charge on any atom is 0.126 e. The van der Waals surface area contributed by atoms with Crippen LogP contribution >= 0.6 is 11.6 Å². The van der Waals surface area contributed by atoms with E-state index in [0.29, 0.717) is 17.0 Å². The molecule has 3 heteroatoms. The Morgan fingerprint density at radius 1 is 1.38 bits per heavy atom. The third-order valence-corrected chi connectivity index (χ3v) is 3.15. The van der Waals surface area contributed by atoms with Gasteiger partial charge in [-0.15, -0.1) is 0 Å². The molecule has 1 nitrogen and oxygen atoms in total. The Morgan fingerprint density at radius 3 is 2.50 bits per heavy atom. The monoisotopic (exact) mass is 244 g/mol. The molecule has 0 bridgehead atoms. The average Bonchev–Trinajstić information content (AvgIpc) is 2.17. The van der Waals surface area contributed by atoms with Crippen LogP contribution in [0.5, 0.6) is 0 Å². The molecule has 0 radical (unpaired) electrons. The highest BCUT2D eigenvalue weighted by Gasteiger charge is 2.25. The summed E-state index contributed by atoms with van der Waals surface area (Å²) < 4.78 is 13.5. The molecule has 0 fully saturated rings. The lowest BCUT2D eigenvalue weighted by atomic mass is 9.78. The van der Waals surface area contributed by atoms with Crippen LogP contribution in [0.1, 0.15) is 26.3 Å². The van der Waals surface area contributed by atoms with Gasteiger partial charge in [0.05, 0.1) is 0 Å². The van der Waals surface area contributed by atoms with Gasteiger partial charge >= 0.3 is 0 Å². The first-order valence-corrected chi connectivity index (χ1v) is 5.77. The number of hydrogen-bond donors (Lipinski definition) is 1. The Bertz CT molecular complexity index is 357. The normalized spacial score (nSPS) is 13.9. The van der Waals surface area contributed by atoms with Crippen LogP contribution in [0.25, 0.3) is 0 Å². The van der Waals surface area contributed by atoms with Crippen molar-refractivity contribution >= 4 is 11.6 Å². The fraction of sp³-hybridized carbons (Fsp3) is 0.538. The summed E-state index contributed by atoms with van der Waals surface area (Å²) in [5.74, 6) is -0.229. The summed E-state index contributed by atoms with van der Waals surface area (Å²) in [6.07, 6.45) is 0.506. The Labute approximate surface area is 101 Å². The Kier molecular flexibility index (Phi) is 4.34. The van der Waals surface area contributed by atoms with Crippen molar-refractivity contribution in [1.82, 2.24) is 0 Å². The molecule has 0 heterocycles. The van der Waals surface area contributed by atoms with Crippen LogP contribution in [0.4, 0.5) is 4.39 Å². The van der Waals surface area contributed by atoms with E-state index in [1.165, 1.54) is 12.1 Å². The number of aliphatic hydroxyl groups excluding tert-OH is 1. The first-order chi connectivity index (χ1) is 7.34. The Balaban J connectivity index is 2.90. The summed E-state index contributed by atoms with van der Waals surface area (Å²) >= 11 is 5.83. The zero-order valence-corrected chi connectivity index (χ0v) is 10.7. The number of hydrogen-bond acceptors (Lipinski definition) is 1. The van der Waals surface area contributed by atoms with Gasteiger partial charge in [-0.25, -0.2) is 4.39 Å². The smallest absolute Gasteiger partial charge is 0.126 e. The van der Waals surface area contributed by atoms with Crippen LogP contribution in [-0.2, 0) is 6.42 Å².